The number of aromatic nitrogens is 3. The van der Waals surface area contributed by atoms with Crippen molar-refractivity contribution in [2.45, 2.75) is 26.2 Å². The van der Waals surface area contributed by atoms with Gasteiger partial charge in [-0.25, -0.2) is 9.67 Å². The molecule has 3 rings (SSSR count). The summed E-state index contributed by atoms with van der Waals surface area (Å²) in [4.78, 5) is 30.3. The Morgan fingerprint density at radius 1 is 1.20 bits per heavy atom. The third-order valence-corrected chi connectivity index (χ3v) is 4.48. The fourth-order valence-electron chi connectivity index (χ4n) is 2.83. The molecule has 0 unspecified atom stereocenters. The maximum absolute atomic E-state index is 12.3. The molecular formula is C17H20ClN5O2. The van der Waals surface area contributed by atoms with Crippen LogP contribution in [0.3, 0.4) is 0 Å². The molecule has 0 atom stereocenters. The van der Waals surface area contributed by atoms with Crippen molar-refractivity contribution < 1.29 is 9.59 Å². The Bertz CT molecular complexity index is 783. The maximum atomic E-state index is 12.3. The van der Waals surface area contributed by atoms with E-state index in [-0.39, 0.29) is 18.3 Å². The van der Waals surface area contributed by atoms with E-state index in [0.29, 0.717) is 16.5 Å². The Morgan fingerprint density at radius 2 is 1.92 bits per heavy atom. The molecule has 1 saturated heterocycles. The number of hydrogen-bond donors (Lipinski definition) is 1. The zero-order valence-corrected chi connectivity index (χ0v) is 14.8. The highest BCUT2D eigenvalue weighted by molar-refractivity contribution is 6.32. The maximum Gasteiger partial charge on any atom is 0.291 e. The van der Waals surface area contributed by atoms with Crippen molar-refractivity contribution in [2.75, 3.05) is 19.6 Å². The fraction of sp³-hybridized carbons (Fsp3) is 0.412. The van der Waals surface area contributed by atoms with Gasteiger partial charge in [-0.15, -0.1) is 5.10 Å². The molecule has 25 heavy (non-hydrogen) atoms. The predicted molar refractivity (Wildman–Crippen MR) is 93.9 cm³/mol. The average Bonchev–Trinajstić information content (AvgIpc) is 3.02. The number of likely N-dealkylation sites (tertiary alicyclic amines) is 1. The fourth-order valence-corrected chi connectivity index (χ4v) is 3.04. The van der Waals surface area contributed by atoms with Gasteiger partial charge >= 0.3 is 0 Å². The molecule has 1 aliphatic rings. The van der Waals surface area contributed by atoms with E-state index >= 15 is 0 Å². The van der Waals surface area contributed by atoms with Crippen molar-refractivity contribution in [1.29, 1.82) is 0 Å². The van der Waals surface area contributed by atoms with Gasteiger partial charge in [-0.3, -0.25) is 9.59 Å². The molecule has 1 aromatic heterocycles. The number of nitrogens with one attached hydrogen (secondary N) is 1. The lowest BCUT2D eigenvalue weighted by Gasteiger charge is -2.26. The lowest BCUT2D eigenvalue weighted by atomic mass is 10.1. The average molecular weight is 362 g/mol. The lowest BCUT2D eigenvalue weighted by molar-refractivity contribution is -0.130. The number of aryl methyl sites for hydroxylation is 1. The number of para-hydroxylation sites is 1. The second-order valence-corrected chi connectivity index (χ2v) is 6.38. The summed E-state index contributed by atoms with van der Waals surface area (Å²) in [6.07, 6.45) is 3.18. The van der Waals surface area contributed by atoms with E-state index in [4.69, 9.17) is 11.6 Å². The summed E-state index contributed by atoms with van der Waals surface area (Å²) in [7, 11) is 0. The summed E-state index contributed by atoms with van der Waals surface area (Å²) >= 11 is 6.17. The van der Waals surface area contributed by atoms with Crippen molar-refractivity contribution in [3.05, 3.63) is 40.9 Å². The molecule has 8 heteroatoms. The molecule has 0 radical (unpaired) electrons. The van der Waals surface area contributed by atoms with Gasteiger partial charge in [-0.1, -0.05) is 23.7 Å². The number of halogens is 1. The molecule has 2 amide bonds. The second-order valence-electron chi connectivity index (χ2n) is 5.97. The molecule has 7 nitrogen and oxygen atoms in total. The number of carbonyl (C=O) groups is 2. The van der Waals surface area contributed by atoms with E-state index in [1.807, 2.05) is 12.1 Å². The van der Waals surface area contributed by atoms with Crippen LogP contribution in [-0.4, -0.2) is 51.1 Å². The van der Waals surface area contributed by atoms with Crippen LogP contribution in [0.5, 0.6) is 0 Å². The number of carbonyl (C=O) groups excluding carboxylic acids is 2. The quantitative estimate of drug-likeness (QED) is 0.902. The van der Waals surface area contributed by atoms with Crippen LogP contribution in [0.25, 0.3) is 5.69 Å². The second kappa shape index (κ2) is 7.65. The number of piperidine rings is 1. The van der Waals surface area contributed by atoms with Crippen molar-refractivity contribution in [2.24, 2.45) is 0 Å². The highest BCUT2D eigenvalue weighted by Gasteiger charge is 2.20. The minimum Gasteiger partial charge on any atom is -0.341 e. The Balaban J connectivity index is 1.66. The third kappa shape index (κ3) is 3.99. The highest BCUT2D eigenvalue weighted by atomic mass is 35.5. The van der Waals surface area contributed by atoms with Gasteiger partial charge in [-0.2, -0.15) is 0 Å². The summed E-state index contributed by atoms with van der Waals surface area (Å²) < 4.78 is 1.52. The van der Waals surface area contributed by atoms with Gasteiger partial charge in [0.05, 0.1) is 17.3 Å². The van der Waals surface area contributed by atoms with Crippen molar-refractivity contribution in [3.8, 4) is 5.69 Å². The van der Waals surface area contributed by atoms with Gasteiger partial charge in [0.25, 0.3) is 5.91 Å². The normalized spacial score (nSPS) is 14.4. The summed E-state index contributed by atoms with van der Waals surface area (Å²) in [5, 5.41) is 7.33. The van der Waals surface area contributed by atoms with Gasteiger partial charge in [0.15, 0.2) is 0 Å². The van der Waals surface area contributed by atoms with E-state index in [9.17, 15) is 9.59 Å². The van der Waals surface area contributed by atoms with E-state index in [1.54, 1.807) is 24.0 Å². The van der Waals surface area contributed by atoms with E-state index < -0.39 is 5.91 Å². The largest absolute Gasteiger partial charge is 0.341 e. The predicted octanol–water partition coefficient (Wildman–Crippen LogP) is 1.97. The number of nitrogens with zero attached hydrogens (tertiary/aromatic N) is 4. The van der Waals surface area contributed by atoms with Crippen molar-refractivity contribution in [3.63, 3.8) is 0 Å². The Morgan fingerprint density at radius 3 is 2.64 bits per heavy atom. The first kappa shape index (κ1) is 17.4. The summed E-state index contributed by atoms with van der Waals surface area (Å²) in [5.41, 5.74) is 0.651. The van der Waals surface area contributed by atoms with Crippen LogP contribution in [0.2, 0.25) is 5.02 Å². The zero-order valence-electron chi connectivity index (χ0n) is 14.0. The number of amides is 2. The smallest absolute Gasteiger partial charge is 0.291 e. The van der Waals surface area contributed by atoms with Gasteiger partial charge in [0, 0.05) is 13.1 Å². The van der Waals surface area contributed by atoms with Crippen LogP contribution < -0.4 is 5.32 Å². The Kier molecular flexibility index (Phi) is 5.33. The molecule has 1 fully saturated rings. The third-order valence-electron chi connectivity index (χ3n) is 4.16. The van der Waals surface area contributed by atoms with E-state index in [2.05, 4.69) is 15.4 Å². The topological polar surface area (TPSA) is 80.1 Å². The van der Waals surface area contributed by atoms with Crippen LogP contribution in [0.15, 0.2) is 24.3 Å². The monoisotopic (exact) mass is 361 g/mol. The van der Waals surface area contributed by atoms with Crippen molar-refractivity contribution in [1.82, 2.24) is 25.0 Å². The Labute approximate surface area is 151 Å². The first-order valence-corrected chi connectivity index (χ1v) is 8.68. The lowest BCUT2D eigenvalue weighted by Crippen LogP contribution is -2.42. The minimum atomic E-state index is -0.473. The molecule has 1 aliphatic heterocycles. The Hall–Kier alpha value is -2.41. The van der Waals surface area contributed by atoms with Crippen LogP contribution in [0, 0.1) is 6.92 Å². The molecule has 0 aliphatic carbocycles. The van der Waals surface area contributed by atoms with Gasteiger partial charge in [0.2, 0.25) is 11.7 Å². The van der Waals surface area contributed by atoms with Crippen molar-refractivity contribution >= 4 is 23.4 Å². The minimum absolute atomic E-state index is 0.0175. The van der Waals surface area contributed by atoms with Crippen LogP contribution in [0.1, 0.15) is 35.7 Å². The first-order chi connectivity index (χ1) is 12.1. The van der Waals surface area contributed by atoms with Gasteiger partial charge in [-0.05, 0) is 38.3 Å². The van der Waals surface area contributed by atoms with Gasteiger partial charge < -0.3 is 10.2 Å². The molecule has 0 bridgehead atoms. The summed E-state index contributed by atoms with van der Waals surface area (Å²) in [6, 6.07) is 7.19. The summed E-state index contributed by atoms with van der Waals surface area (Å²) in [5.74, 6) is 0.0130. The van der Waals surface area contributed by atoms with Crippen LogP contribution >= 0.6 is 11.6 Å². The standard InChI is InChI=1S/C17H20ClN5O2/c1-12-20-16(21-23(12)14-8-4-3-7-13(14)18)17(25)19-11-15(24)22-9-5-2-6-10-22/h3-4,7-8H,2,5-6,9-11H2,1H3,(H,19,25). The zero-order chi connectivity index (χ0) is 17.8. The summed E-state index contributed by atoms with van der Waals surface area (Å²) in [6.45, 7) is 3.21. The van der Waals surface area contributed by atoms with Gasteiger partial charge in [0.1, 0.15) is 5.82 Å². The van der Waals surface area contributed by atoms with Crippen LogP contribution in [-0.2, 0) is 4.79 Å². The van der Waals surface area contributed by atoms with Crippen LogP contribution in [0.4, 0.5) is 0 Å². The highest BCUT2D eigenvalue weighted by Crippen LogP contribution is 2.20. The molecular weight excluding hydrogens is 342 g/mol. The molecule has 1 aromatic carbocycles. The van der Waals surface area contributed by atoms with E-state index in [0.717, 1.165) is 32.4 Å². The number of rotatable bonds is 4. The molecule has 2 heterocycles. The SMILES string of the molecule is Cc1nc(C(=O)NCC(=O)N2CCCCC2)nn1-c1ccccc1Cl. The molecule has 0 saturated carbocycles. The number of hydrogen-bond acceptors (Lipinski definition) is 4. The molecule has 132 valence electrons. The molecule has 2 aromatic rings. The molecule has 0 spiro atoms. The number of benzene rings is 1. The van der Waals surface area contributed by atoms with E-state index in [1.165, 1.54) is 4.68 Å². The first-order valence-electron chi connectivity index (χ1n) is 8.31. The molecule has 1 N–H and O–H groups in total.